The molecule has 50 heavy (non-hydrogen) atoms. The van der Waals surface area contributed by atoms with Gasteiger partial charge in [-0.2, -0.15) is 0 Å². The molecule has 0 radical (unpaired) electrons. The predicted octanol–water partition coefficient (Wildman–Crippen LogP) is 10.8. The second-order valence-electron chi connectivity index (χ2n) is 13.1. The van der Waals surface area contributed by atoms with Gasteiger partial charge < -0.3 is 9.13 Å². The zero-order chi connectivity index (χ0) is 33.0. The SMILES string of the molecule is c1ccc(-c2nc(-c3ccccc3)nc(-c3ccc(-n4c5ccccc5c5ccc6c(c7c(n6-c6ccccc6)CCCC7)c54)cc3)n2)cc1. The normalized spacial score (nSPS) is 12.9. The zero-order valence-electron chi connectivity index (χ0n) is 27.5. The lowest BCUT2D eigenvalue weighted by atomic mass is 9.94. The van der Waals surface area contributed by atoms with Crippen molar-refractivity contribution in [1.29, 1.82) is 0 Å². The Morgan fingerprint density at radius 1 is 0.400 bits per heavy atom. The Morgan fingerprint density at radius 2 is 0.940 bits per heavy atom. The Kier molecular flexibility index (Phi) is 6.69. The number of nitrogens with zero attached hydrogens (tertiary/aromatic N) is 5. The van der Waals surface area contributed by atoms with Crippen LogP contribution in [0.15, 0.2) is 152 Å². The number of aryl methyl sites for hydroxylation is 1. The van der Waals surface area contributed by atoms with Crippen molar-refractivity contribution in [3.63, 3.8) is 0 Å². The van der Waals surface area contributed by atoms with Crippen LogP contribution in [-0.4, -0.2) is 24.1 Å². The van der Waals surface area contributed by atoms with Crippen LogP contribution in [0.25, 0.3) is 78.2 Å². The van der Waals surface area contributed by atoms with Gasteiger partial charge >= 0.3 is 0 Å². The van der Waals surface area contributed by atoms with E-state index in [2.05, 4.69) is 100 Å². The molecule has 1 aliphatic rings. The third-order valence-electron chi connectivity index (χ3n) is 10.2. The van der Waals surface area contributed by atoms with Crippen LogP contribution >= 0.6 is 0 Å². The number of hydrogen-bond donors (Lipinski definition) is 0. The van der Waals surface area contributed by atoms with Gasteiger partial charge in [-0.1, -0.05) is 103 Å². The van der Waals surface area contributed by atoms with Crippen molar-refractivity contribution in [2.45, 2.75) is 25.7 Å². The van der Waals surface area contributed by atoms with Gasteiger partial charge in [0.05, 0.1) is 16.6 Å². The fraction of sp³-hybridized carbons (Fsp3) is 0.0889. The van der Waals surface area contributed by atoms with Gasteiger partial charge in [0.15, 0.2) is 17.5 Å². The Hall–Kier alpha value is -6.33. The Bertz CT molecular complexity index is 2610. The maximum atomic E-state index is 4.98. The molecule has 10 rings (SSSR count). The lowest BCUT2D eigenvalue weighted by Crippen LogP contribution is -2.06. The van der Waals surface area contributed by atoms with Gasteiger partial charge in [0.25, 0.3) is 0 Å². The summed E-state index contributed by atoms with van der Waals surface area (Å²) in [6.45, 7) is 0. The zero-order valence-corrected chi connectivity index (χ0v) is 27.5. The number of aromatic nitrogens is 5. The first kappa shape index (κ1) is 28.7. The van der Waals surface area contributed by atoms with Crippen LogP contribution in [0.1, 0.15) is 24.1 Å². The van der Waals surface area contributed by atoms with Crippen molar-refractivity contribution >= 4 is 32.7 Å². The van der Waals surface area contributed by atoms with Gasteiger partial charge in [0, 0.05) is 49.9 Å². The molecule has 3 heterocycles. The highest BCUT2D eigenvalue weighted by atomic mass is 15.0. The minimum atomic E-state index is 0.655. The van der Waals surface area contributed by atoms with Crippen LogP contribution < -0.4 is 0 Å². The minimum absolute atomic E-state index is 0.655. The van der Waals surface area contributed by atoms with Gasteiger partial charge in [0.2, 0.25) is 0 Å². The van der Waals surface area contributed by atoms with Crippen molar-refractivity contribution in [3.8, 4) is 45.5 Å². The Morgan fingerprint density at radius 3 is 1.60 bits per heavy atom. The summed E-state index contributed by atoms with van der Waals surface area (Å²) in [4.78, 5) is 14.8. The minimum Gasteiger partial charge on any atom is -0.313 e. The van der Waals surface area contributed by atoms with Crippen molar-refractivity contribution in [2.75, 3.05) is 0 Å². The summed E-state index contributed by atoms with van der Waals surface area (Å²) in [5.41, 5.74) is 11.9. The van der Waals surface area contributed by atoms with Crippen LogP contribution in [0.2, 0.25) is 0 Å². The number of rotatable bonds is 5. The summed E-state index contributed by atoms with van der Waals surface area (Å²) >= 11 is 0. The first-order chi connectivity index (χ1) is 24.8. The van der Waals surface area contributed by atoms with Crippen LogP contribution in [0.4, 0.5) is 0 Å². The molecule has 0 aliphatic heterocycles. The van der Waals surface area contributed by atoms with Crippen LogP contribution in [-0.2, 0) is 12.8 Å². The Balaban J connectivity index is 1.18. The average molecular weight is 644 g/mol. The third-order valence-corrected chi connectivity index (χ3v) is 10.2. The molecule has 0 saturated heterocycles. The van der Waals surface area contributed by atoms with Gasteiger partial charge in [-0.15, -0.1) is 0 Å². The fourth-order valence-electron chi connectivity index (χ4n) is 7.92. The molecule has 6 aromatic carbocycles. The summed E-state index contributed by atoms with van der Waals surface area (Å²) in [7, 11) is 0. The molecule has 5 nitrogen and oxygen atoms in total. The number of benzene rings is 6. The molecule has 9 aromatic rings. The summed E-state index contributed by atoms with van der Waals surface area (Å²) in [5, 5.41) is 3.93. The largest absolute Gasteiger partial charge is 0.313 e. The monoisotopic (exact) mass is 643 g/mol. The standard InChI is InChI=1S/C45H33N5/c1-4-14-30(15-5-1)43-46-44(31-16-6-2-7-17-31)48-45(47-43)32-24-26-34(27-25-32)50-38-22-12-10-20-35(38)36-28-29-40-41(42(36)50)37-21-11-13-23-39(37)49(40)33-18-8-3-9-19-33/h1-10,12,14-20,22,24-29H,11,13,21,23H2. The van der Waals surface area contributed by atoms with E-state index in [0.717, 1.165) is 35.2 Å². The molecule has 1 aliphatic carbocycles. The van der Waals surface area contributed by atoms with Crippen molar-refractivity contribution in [3.05, 3.63) is 163 Å². The van der Waals surface area contributed by atoms with E-state index in [9.17, 15) is 0 Å². The Labute approximate surface area is 290 Å². The summed E-state index contributed by atoms with van der Waals surface area (Å²) in [6, 6.07) is 53.4. The maximum absolute atomic E-state index is 4.98. The van der Waals surface area contributed by atoms with Gasteiger partial charge in [0.1, 0.15) is 0 Å². The molecule has 5 heteroatoms. The first-order valence-electron chi connectivity index (χ1n) is 17.4. The highest BCUT2D eigenvalue weighted by molar-refractivity contribution is 6.19. The second kappa shape index (κ2) is 11.7. The summed E-state index contributed by atoms with van der Waals surface area (Å²) < 4.78 is 4.99. The van der Waals surface area contributed by atoms with E-state index in [4.69, 9.17) is 15.0 Å². The van der Waals surface area contributed by atoms with Gasteiger partial charge in [-0.05, 0) is 79.8 Å². The van der Waals surface area contributed by atoms with Crippen LogP contribution in [0.3, 0.4) is 0 Å². The molecule has 0 N–H and O–H groups in total. The number of fused-ring (bicyclic) bond motifs is 7. The molecule has 0 saturated carbocycles. The quantitative estimate of drug-likeness (QED) is 0.187. The van der Waals surface area contributed by atoms with Crippen molar-refractivity contribution in [1.82, 2.24) is 24.1 Å². The lowest BCUT2D eigenvalue weighted by molar-refractivity contribution is 0.667. The highest BCUT2D eigenvalue weighted by Gasteiger charge is 2.25. The van der Waals surface area contributed by atoms with Gasteiger partial charge in [-0.25, -0.2) is 15.0 Å². The summed E-state index contributed by atoms with van der Waals surface area (Å²) in [6.07, 6.45) is 4.63. The molecule has 0 bridgehead atoms. The molecule has 3 aromatic heterocycles. The fourth-order valence-corrected chi connectivity index (χ4v) is 7.92. The van der Waals surface area contributed by atoms with Crippen molar-refractivity contribution in [2.24, 2.45) is 0 Å². The van der Waals surface area contributed by atoms with Crippen molar-refractivity contribution < 1.29 is 0 Å². The predicted molar refractivity (Wildman–Crippen MR) is 204 cm³/mol. The smallest absolute Gasteiger partial charge is 0.164 e. The van der Waals surface area contributed by atoms with E-state index >= 15 is 0 Å². The highest BCUT2D eigenvalue weighted by Crippen LogP contribution is 2.43. The van der Waals surface area contributed by atoms with E-state index in [1.165, 1.54) is 62.5 Å². The lowest BCUT2D eigenvalue weighted by Gasteiger charge is -2.16. The first-order valence-corrected chi connectivity index (χ1v) is 17.4. The molecule has 0 atom stereocenters. The molecular weight excluding hydrogens is 611 g/mol. The molecule has 238 valence electrons. The van der Waals surface area contributed by atoms with Crippen LogP contribution in [0.5, 0.6) is 0 Å². The van der Waals surface area contributed by atoms with Crippen LogP contribution in [0, 0.1) is 0 Å². The molecule has 0 unspecified atom stereocenters. The molecule has 0 fully saturated rings. The van der Waals surface area contributed by atoms with E-state index in [1.807, 2.05) is 60.7 Å². The van der Waals surface area contributed by atoms with Gasteiger partial charge in [-0.3, -0.25) is 0 Å². The maximum Gasteiger partial charge on any atom is 0.164 e. The molecule has 0 amide bonds. The second-order valence-corrected chi connectivity index (χ2v) is 13.1. The number of para-hydroxylation sites is 2. The van der Waals surface area contributed by atoms with E-state index < -0.39 is 0 Å². The van der Waals surface area contributed by atoms with E-state index in [1.54, 1.807) is 0 Å². The topological polar surface area (TPSA) is 48.5 Å². The summed E-state index contributed by atoms with van der Waals surface area (Å²) in [5.74, 6) is 1.98. The number of hydrogen-bond acceptors (Lipinski definition) is 3. The molecular formula is C45H33N5. The third kappa shape index (κ3) is 4.58. The molecule has 0 spiro atoms. The average Bonchev–Trinajstić information content (AvgIpc) is 3.72. The van der Waals surface area contributed by atoms with E-state index in [0.29, 0.717) is 17.5 Å². The van der Waals surface area contributed by atoms with E-state index in [-0.39, 0.29) is 0 Å².